The van der Waals surface area contributed by atoms with Gasteiger partial charge in [0.1, 0.15) is 0 Å². The summed E-state index contributed by atoms with van der Waals surface area (Å²) in [4.78, 5) is 24.5. The van der Waals surface area contributed by atoms with Crippen LogP contribution >= 0.6 is 0 Å². The first-order chi connectivity index (χ1) is 11.5. The molecule has 2 aromatic carbocycles. The summed E-state index contributed by atoms with van der Waals surface area (Å²) in [5, 5.41) is 9.86. The largest absolute Gasteiger partial charge is 0.502 e. The molecule has 1 atom stereocenters. The maximum atomic E-state index is 12.3. The molecule has 2 rings (SSSR count). The molecule has 0 saturated carbocycles. The Morgan fingerprint density at radius 1 is 0.958 bits per heavy atom. The van der Waals surface area contributed by atoms with Gasteiger partial charge in [0, 0.05) is 5.56 Å². The van der Waals surface area contributed by atoms with Crippen LogP contribution in [-0.4, -0.2) is 37.2 Å². The van der Waals surface area contributed by atoms with Crippen LogP contribution in [0.4, 0.5) is 0 Å². The lowest BCUT2D eigenvalue weighted by Gasteiger charge is -2.14. The van der Waals surface area contributed by atoms with Crippen molar-refractivity contribution in [3.8, 4) is 17.2 Å². The molecule has 0 fully saturated rings. The second-order valence-electron chi connectivity index (χ2n) is 5.01. The van der Waals surface area contributed by atoms with Gasteiger partial charge >= 0.3 is 5.97 Å². The van der Waals surface area contributed by atoms with Gasteiger partial charge in [-0.1, -0.05) is 30.3 Å². The van der Waals surface area contributed by atoms with Gasteiger partial charge in [0.05, 0.1) is 19.8 Å². The van der Waals surface area contributed by atoms with Crippen molar-refractivity contribution in [3.63, 3.8) is 0 Å². The van der Waals surface area contributed by atoms with Crippen LogP contribution in [0.25, 0.3) is 0 Å². The van der Waals surface area contributed by atoms with Crippen molar-refractivity contribution >= 4 is 11.8 Å². The lowest BCUT2D eigenvalue weighted by Crippen LogP contribution is -2.24. The molecule has 0 aliphatic rings. The first-order valence-electron chi connectivity index (χ1n) is 7.23. The summed E-state index contributed by atoms with van der Waals surface area (Å²) in [6.07, 6.45) is -0.953. The van der Waals surface area contributed by atoms with Gasteiger partial charge in [-0.3, -0.25) is 4.79 Å². The summed E-state index contributed by atoms with van der Waals surface area (Å²) in [6.45, 7) is 1.50. The van der Waals surface area contributed by atoms with Crippen molar-refractivity contribution in [1.82, 2.24) is 0 Å². The third-order valence-electron chi connectivity index (χ3n) is 3.43. The maximum absolute atomic E-state index is 12.3. The Morgan fingerprint density at radius 3 is 2.00 bits per heavy atom. The molecule has 126 valence electrons. The Morgan fingerprint density at radius 2 is 1.50 bits per heavy atom. The standard InChI is InChI=1S/C18H18O6/c1-11(16(19)12-7-5-4-6-8-12)24-18(21)13-9-14(22-2)17(20)15(10-13)23-3/h4-11,20H,1-3H3/t11-/m1/s1. The van der Waals surface area contributed by atoms with Crippen molar-refractivity contribution in [2.75, 3.05) is 14.2 Å². The monoisotopic (exact) mass is 330 g/mol. The highest BCUT2D eigenvalue weighted by Gasteiger charge is 2.22. The number of Topliss-reactive ketones (excluding diaryl/α,β-unsaturated/α-hetero) is 1. The highest BCUT2D eigenvalue weighted by atomic mass is 16.5. The SMILES string of the molecule is COc1cc(C(=O)O[C@H](C)C(=O)c2ccccc2)cc(OC)c1O. The van der Waals surface area contributed by atoms with E-state index in [1.807, 2.05) is 0 Å². The zero-order valence-electron chi connectivity index (χ0n) is 13.6. The summed E-state index contributed by atoms with van der Waals surface area (Å²) in [5.41, 5.74) is 0.563. The number of carbonyl (C=O) groups is 2. The third kappa shape index (κ3) is 3.65. The predicted octanol–water partition coefficient (Wildman–Crippen LogP) is 2.84. The minimum atomic E-state index is -0.953. The van der Waals surface area contributed by atoms with Gasteiger partial charge in [0.15, 0.2) is 17.6 Å². The number of ether oxygens (including phenoxy) is 3. The first-order valence-corrected chi connectivity index (χ1v) is 7.23. The predicted molar refractivity (Wildman–Crippen MR) is 86.9 cm³/mol. The Bertz CT molecular complexity index is 713. The highest BCUT2D eigenvalue weighted by Crippen LogP contribution is 2.37. The van der Waals surface area contributed by atoms with Crippen molar-refractivity contribution in [3.05, 3.63) is 53.6 Å². The number of hydrogen-bond donors (Lipinski definition) is 1. The average Bonchev–Trinajstić information content (AvgIpc) is 2.61. The molecule has 0 aromatic heterocycles. The number of phenolic OH excluding ortho intramolecular Hbond substituents is 1. The van der Waals surface area contributed by atoms with Crippen molar-refractivity contribution in [2.45, 2.75) is 13.0 Å². The molecule has 0 radical (unpaired) electrons. The maximum Gasteiger partial charge on any atom is 0.339 e. The van der Waals surface area contributed by atoms with Crippen molar-refractivity contribution < 1.29 is 28.9 Å². The Labute approximate surface area is 139 Å². The van der Waals surface area contributed by atoms with Crippen LogP contribution in [0.3, 0.4) is 0 Å². The topological polar surface area (TPSA) is 82.1 Å². The number of benzene rings is 2. The van der Waals surface area contributed by atoms with E-state index in [2.05, 4.69) is 0 Å². The smallest absolute Gasteiger partial charge is 0.339 e. The molecule has 2 aromatic rings. The van der Waals surface area contributed by atoms with Crippen LogP contribution in [-0.2, 0) is 4.74 Å². The number of aromatic hydroxyl groups is 1. The molecule has 0 amide bonds. The molecule has 0 unspecified atom stereocenters. The average molecular weight is 330 g/mol. The fraction of sp³-hybridized carbons (Fsp3) is 0.222. The number of methoxy groups -OCH3 is 2. The third-order valence-corrected chi connectivity index (χ3v) is 3.43. The van der Waals surface area contributed by atoms with Gasteiger partial charge in [0.25, 0.3) is 0 Å². The number of ketones is 1. The van der Waals surface area contributed by atoms with Gasteiger partial charge in [-0.2, -0.15) is 0 Å². The van der Waals surface area contributed by atoms with Gasteiger partial charge in [-0.05, 0) is 19.1 Å². The second-order valence-corrected chi connectivity index (χ2v) is 5.01. The number of esters is 1. The van der Waals surface area contributed by atoms with Crippen LogP contribution < -0.4 is 9.47 Å². The molecule has 0 heterocycles. The van der Waals surface area contributed by atoms with Crippen molar-refractivity contribution in [2.24, 2.45) is 0 Å². The van der Waals surface area contributed by atoms with E-state index in [9.17, 15) is 14.7 Å². The summed E-state index contributed by atoms with van der Waals surface area (Å²) in [5.74, 6) is -1.10. The molecule has 0 bridgehead atoms. The lowest BCUT2D eigenvalue weighted by molar-refractivity contribution is 0.0318. The Balaban J connectivity index is 2.19. The number of hydrogen-bond acceptors (Lipinski definition) is 6. The molecule has 24 heavy (non-hydrogen) atoms. The fourth-order valence-corrected chi connectivity index (χ4v) is 2.13. The zero-order chi connectivity index (χ0) is 17.7. The van der Waals surface area contributed by atoms with Crippen LogP contribution in [0.1, 0.15) is 27.6 Å². The van der Waals surface area contributed by atoms with Crippen LogP contribution in [0.15, 0.2) is 42.5 Å². The van der Waals surface area contributed by atoms with E-state index in [4.69, 9.17) is 14.2 Å². The fourth-order valence-electron chi connectivity index (χ4n) is 2.13. The minimum absolute atomic E-state index is 0.0725. The molecule has 1 N–H and O–H groups in total. The normalized spacial score (nSPS) is 11.5. The number of phenols is 1. The van der Waals surface area contributed by atoms with Crippen molar-refractivity contribution in [1.29, 1.82) is 0 Å². The number of rotatable bonds is 6. The van der Waals surface area contributed by atoms with Gasteiger partial charge in [-0.25, -0.2) is 4.79 Å². The van der Waals surface area contributed by atoms with Crippen LogP contribution in [0.5, 0.6) is 17.2 Å². The van der Waals surface area contributed by atoms with E-state index in [0.29, 0.717) is 5.56 Å². The van der Waals surface area contributed by atoms with E-state index >= 15 is 0 Å². The molecular formula is C18H18O6. The van der Waals surface area contributed by atoms with E-state index in [1.165, 1.54) is 33.3 Å². The quantitative estimate of drug-likeness (QED) is 0.648. The molecule has 6 nitrogen and oxygen atoms in total. The molecular weight excluding hydrogens is 312 g/mol. The van der Waals surface area contributed by atoms with Gasteiger partial charge in [-0.15, -0.1) is 0 Å². The van der Waals surface area contributed by atoms with E-state index < -0.39 is 12.1 Å². The van der Waals surface area contributed by atoms with E-state index in [0.717, 1.165) is 0 Å². The summed E-state index contributed by atoms with van der Waals surface area (Å²) in [6, 6.07) is 11.2. The Hall–Kier alpha value is -3.02. The molecule has 0 spiro atoms. The van der Waals surface area contributed by atoms with Gasteiger partial charge < -0.3 is 19.3 Å². The minimum Gasteiger partial charge on any atom is -0.502 e. The molecule has 0 aliphatic carbocycles. The highest BCUT2D eigenvalue weighted by molar-refractivity contribution is 6.01. The van der Waals surface area contributed by atoms with Crippen LogP contribution in [0.2, 0.25) is 0 Å². The van der Waals surface area contributed by atoms with Crippen LogP contribution in [0, 0.1) is 0 Å². The lowest BCUT2D eigenvalue weighted by atomic mass is 10.1. The molecule has 6 heteroatoms. The van der Waals surface area contributed by atoms with Gasteiger partial charge in [0.2, 0.25) is 11.5 Å². The van der Waals surface area contributed by atoms with E-state index in [1.54, 1.807) is 30.3 Å². The molecule has 0 saturated heterocycles. The second kappa shape index (κ2) is 7.50. The summed E-state index contributed by atoms with van der Waals surface area (Å²) >= 11 is 0. The Kier molecular flexibility index (Phi) is 5.42. The first kappa shape index (κ1) is 17.3. The number of carbonyl (C=O) groups excluding carboxylic acids is 2. The zero-order valence-corrected chi connectivity index (χ0v) is 13.6. The summed E-state index contributed by atoms with van der Waals surface area (Å²) in [7, 11) is 2.70. The molecule has 0 aliphatic heterocycles. The summed E-state index contributed by atoms with van der Waals surface area (Å²) < 4.78 is 15.2. The van der Waals surface area contributed by atoms with E-state index in [-0.39, 0.29) is 28.6 Å².